The largest absolute Gasteiger partial charge is 0.383 e. The SMILES string of the molecule is CCCC(COC)N1CC2(CCCCC2)NCC1C(C)C. The second-order valence-corrected chi connectivity index (χ2v) is 7.60. The number of rotatable bonds is 6. The van der Waals surface area contributed by atoms with Gasteiger partial charge < -0.3 is 10.1 Å². The molecule has 2 atom stereocenters. The average molecular weight is 296 g/mol. The van der Waals surface area contributed by atoms with Gasteiger partial charge in [-0.15, -0.1) is 0 Å². The van der Waals surface area contributed by atoms with E-state index in [4.69, 9.17) is 4.74 Å². The van der Waals surface area contributed by atoms with E-state index in [9.17, 15) is 0 Å². The summed E-state index contributed by atoms with van der Waals surface area (Å²) in [6.07, 6.45) is 9.45. The van der Waals surface area contributed by atoms with Crippen molar-refractivity contribution in [3.63, 3.8) is 0 Å². The molecular weight excluding hydrogens is 260 g/mol. The second-order valence-electron chi connectivity index (χ2n) is 7.60. The van der Waals surface area contributed by atoms with Crippen LogP contribution in [0.1, 0.15) is 65.7 Å². The summed E-state index contributed by atoms with van der Waals surface area (Å²) in [6, 6.07) is 1.25. The number of nitrogens with zero attached hydrogens (tertiary/aromatic N) is 1. The predicted molar refractivity (Wildman–Crippen MR) is 89.7 cm³/mol. The summed E-state index contributed by atoms with van der Waals surface area (Å²) in [5.74, 6) is 0.703. The number of nitrogens with one attached hydrogen (secondary N) is 1. The Morgan fingerprint density at radius 1 is 1.24 bits per heavy atom. The molecule has 1 aliphatic carbocycles. The van der Waals surface area contributed by atoms with Crippen molar-refractivity contribution < 1.29 is 4.74 Å². The van der Waals surface area contributed by atoms with Gasteiger partial charge in [0.15, 0.2) is 0 Å². The fourth-order valence-electron chi connectivity index (χ4n) is 4.41. The van der Waals surface area contributed by atoms with Gasteiger partial charge in [0.2, 0.25) is 0 Å². The van der Waals surface area contributed by atoms with Crippen LogP contribution in [0, 0.1) is 5.92 Å². The molecule has 0 aromatic heterocycles. The van der Waals surface area contributed by atoms with Crippen LogP contribution in [0.3, 0.4) is 0 Å². The van der Waals surface area contributed by atoms with Crippen molar-refractivity contribution in [1.29, 1.82) is 0 Å². The molecule has 124 valence electrons. The molecule has 1 heterocycles. The van der Waals surface area contributed by atoms with E-state index in [0.29, 0.717) is 23.5 Å². The van der Waals surface area contributed by atoms with Gasteiger partial charge >= 0.3 is 0 Å². The van der Waals surface area contributed by atoms with Gasteiger partial charge in [0.1, 0.15) is 0 Å². The minimum Gasteiger partial charge on any atom is -0.383 e. The lowest BCUT2D eigenvalue weighted by Crippen LogP contribution is -2.68. The zero-order valence-electron chi connectivity index (χ0n) is 14.7. The van der Waals surface area contributed by atoms with Crippen molar-refractivity contribution in [3.8, 4) is 0 Å². The van der Waals surface area contributed by atoms with E-state index in [0.717, 1.165) is 13.2 Å². The van der Waals surface area contributed by atoms with Gasteiger partial charge in [0.25, 0.3) is 0 Å². The average Bonchev–Trinajstić information content (AvgIpc) is 2.47. The Morgan fingerprint density at radius 2 is 1.95 bits per heavy atom. The summed E-state index contributed by atoms with van der Waals surface area (Å²) in [5, 5.41) is 3.95. The van der Waals surface area contributed by atoms with Gasteiger partial charge in [-0.1, -0.05) is 46.5 Å². The molecule has 2 aliphatic rings. The first kappa shape index (κ1) is 17.2. The molecule has 1 saturated heterocycles. The molecule has 3 nitrogen and oxygen atoms in total. The van der Waals surface area contributed by atoms with E-state index in [-0.39, 0.29) is 0 Å². The summed E-state index contributed by atoms with van der Waals surface area (Å²) >= 11 is 0. The van der Waals surface area contributed by atoms with Crippen LogP contribution in [0.25, 0.3) is 0 Å². The molecule has 1 saturated carbocycles. The Morgan fingerprint density at radius 3 is 2.52 bits per heavy atom. The third-order valence-corrected chi connectivity index (χ3v) is 5.63. The highest BCUT2D eigenvalue weighted by Gasteiger charge is 2.42. The van der Waals surface area contributed by atoms with Crippen molar-refractivity contribution in [2.24, 2.45) is 5.92 Å². The summed E-state index contributed by atoms with van der Waals surface area (Å²) in [6.45, 7) is 10.3. The number of ether oxygens (including phenoxy) is 1. The number of hydrogen-bond donors (Lipinski definition) is 1. The predicted octanol–water partition coefficient (Wildman–Crippen LogP) is 3.43. The monoisotopic (exact) mass is 296 g/mol. The molecule has 0 bridgehead atoms. The van der Waals surface area contributed by atoms with Crippen LogP contribution < -0.4 is 5.32 Å². The normalized spacial score (nSPS) is 28.1. The van der Waals surface area contributed by atoms with E-state index in [1.54, 1.807) is 0 Å². The van der Waals surface area contributed by atoms with E-state index in [2.05, 4.69) is 31.0 Å². The highest BCUT2D eigenvalue weighted by Crippen LogP contribution is 2.34. The van der Waals surface area contributed by atoms with E-state index < -0.39 is 0 Å². The lowest BCUT2D eigenvalue weighted by atomic mass is 9.78. The van der Waals surface area contributed by atoms with Gasteiger partial charge in [-0.05, 0) is 25.2 Å². The second kappa shape index (κ2) is 7.94. The van der Waals surface area contributed by atoms with Crippen LogP contribution in [0.2, 0.25) is 0 Å². The van der Waals surface area contributed by atoms with E-state index in [1.165, 1.54) is 51.5 Å². The molecule has 0 amide bonds. The quantitative estimate of drug-likeness (QED) is 0.812. The lowest BCUT2D eigenvalue weighted by molar-refractivity contribution is -0.0205. The Hall–Kier alpha value is -0.120. The molecule has 0 aromatic carbocycles. The topological polar surface area (TPSA) is 24.5 Å². The molecule has 2 unspecified atom stereocenters. The van der Waals surface area contributed by atoms with Crippen LogP contribution in [-0.2, 0) is 4.74 Å². The van der Waals surface area contributed by atoms with Crippen molar-refractivity contribution in [2.45, 2.75) is 83.3 Å². The summed E-state index contributed by atoms with van der Waals surface area (Å²) < 4.78 is 5.55. The number of hydrogen-bond acceptors (Lipinski definition) is 3. The van der Waals surface area contributed by atoms with Gasteiger partial charge in [0, 0.05) is 37.8 Å². The maximum absolute atomic E-state index is 5.55. The molecule has 1 N–H and O–H groups in total. The Kier molecular flexibility index (Phi) is 6.51. The zero-order chi connectivity index (χ0) is 15.3. The molecule has 2 fully saturated rings. The van der Waals surface area contributed by atoms with Crippen molar-refractivity contribution in [1.82, 2.24) is 10.2 Å². The van der Waals surface area contributed by atoms with Gasteiger partial charge in [-0.2, -0.15) is 0 Å². The zero-order valence-corrected chi connectivity index (χ0v) is 14.7. The minimum atomic E-state index is 0.392. The maximum atomic E-state index is 5.55. The fourth-order valence-corrected chi connectivity index (χ4v) is 4.41. The Balaban J connectivity index is 2.12. The molecule has 1 spiro atoms. The molecule has 21 heavy (non-hydrogen) atoms. The van der Waals surface area contributed by atoms with Gasteiger partial charge in [-0.3, -0.25) is 4.90 Å². The summed E-state index contributed by atoms with van der Waals surface area (Å²) in [4.78, 5) is 2.81. The highest BCUT2D eigenvalue weighted by molar-refractivity contribution is 5.01. The highest BCUT2D eigenvalue weighted by atomic mass is 16.5. The van der Waals surface area contributed by atoms with E-state index >= 15 is 0 Å². The first-order chi connectivity index (χ1) is 10.1. The third-order valence-electron chi connectivity index (χ3n) is 5.63. The standard InChI is InChI=1S/C18H36N2O/c1-5-9-16(13-21-4)20-14-18(10-7-6-8-11-18)19-12-17(20)15(2)3/h15-17,19H,5-14H2,1-4H3. The minimum absolute atomic E-state index is 0.392. The first-order valence-corrected chi connectivity index (χ1v) is 9.11. The van der Waals surface area contributed by atoms with Gasteiger partial charge in [-0.25, -0.2) is 0 Å². The van der Waals surface area contributed by atoms with Crippen LogP contribution in [-0.4, -0.2) is 49.3 Å². The number of methoxy groups -OCH3 is 1. The van der Waals surface area contributed by atoms with Gasteiger partial charge in [0.05, 0.1) is 6.61 Å². The molecule has 0 radical (unpaired) electrons. The molecule has 3 heteroatoms. The van der Waals surface area contributed by atoms with Crippen LogP contribution >= 0.6 is 0 Å². The Labute approximate surface area is 131 Å². The summed E-state index contributed by atoms with van der Waals surface area (Å²) in [7, 11) is 1.85. The third kappa shape index (κ3) is 4.20. The van der Waals surface area contributed by atoms with Crippen LogP contribution in [0.4, 0.5) is 0 Å². The van der Waals surface area contributed by atoms with Crippen LogP contribution in [0.5, 0.6) is 0 Å². The van der Waals surface area contributed by atoms with E-state index in [1.807, 2.05) is 7.11 Å². The Bertz CT molecular complexity index is 294. The molecule has 2 rings (SSSR count). The number of piperazine rings is 1. The fraction of sp³-hybridized carbons (Fsp3) is 1.00. The first-order valence-electron chi connectivity index (χ1n) is 9.11. The maximum Gasteiger partial charge on any atom is 0.0618 e. The molecule has 0 aromatic rings. The van der Waals surface area contributed by atoms with Crippen molar-refractivity contribution in [2.75, 3.05) is 26.8 Å². The van der Waals surface area contributed by atoms with Crippen molar-refractivity contribution >= 4 is 0 Å². The molecule has 1 aliphatic heterocycles. The van der Waals surface area contributed by atoms with Crippen molar-refractivity contribution in [3.05, 3.63) is 0 Å². The lowest BCUT2D eigenvalue weighted by Gasteiger charge is -2.53. The summed E-state index contributed by atoms with van der Waals surface area (Å²) in [5.41, 5.74) is 0.392. The smallest absolute Gasteiger partial charge is 0.0618 e. The molecular formula is C18H36N2O. The van der Waals surface area contributed by atoms with Crippen LogP contribution in [0.15, 0.2) is 0 Å².